The van der Waals surface area contributed by atoms with E-state index in [0.29, 0.717) is 17.5 Å². The van der Waals surface area contributed by atoms with Crippen molar-refractivity contribution in [1.82, 2.24) is 10.0 Å². The minimum atomic E-state index is -3.60. The van der Waals surface area contributed by atoms with Gasteiger partial charge in [-0.15, -0.1) is 0 Å². The topological polar surface area (TPSA) is 75.3 Å². The number of sulfonamides is 1. The Morgan fingerprint density at radius 2 is 1.71 bits per heavy atom. The first-order valence-electron chi connectivity index (χ1n) is 10.7. The Morgan fingerprint density at radius 1 is 1.11 bits per heavy atom. The second-order valence-corrected chi connectivity index (χ2v) is 11.4. The van der Waals surface area contributed by atoms with Crippen LogP contribution >= 0.6 is 0 Å². The molecule has 2 N–H and O–H groups in total. The smallest absolute Gasteiger partial charge is 0.251 e. The summed E-state index contributed by atoms with van der Waals surface area (Å²) in [7, 11) is -3.60. The van der Waals surface area contributed by atoms with E-state index in [4.69, 9.17) is 0 Å². The minimum Gasteiger partial charge on any atom is -0.352 e. The maximum absolute atomic E-state index is 12.6. The fourth-order valence-corrected chi connectivity index (χ4v) is 7.62. The zero-order valence-corrected chi connectivity index (χ0v) is 17.7. The molecule has 4 fully saturated rings. The van der Waals surface area contributed by atoms with E-state index in [1.54, 1.807) is 26.0 Å². The maximum atomic E-state index is 12.6. The molecule has 4 bridgehead atoms. The van der Waals surface area contributed by atoms with Gasteiger partial charge in [0.05, 0.1) is 4.90 Å². The zero-order chi connectivity index (χ0) is 19.9. The number of benzene rings is 1. The van der Waals surface area contributed by atoms with Crippen LogP contribution in [-0.4, -0.2) is 26.9 Å². The molecule has 0 atom stereocenters. The molecule has 5 nitrogen and oxygen atoms in total. The van der Waals surface area contributed by atoms with Gasteiger partial charge < -0.3 is 5.32 Å². The normalized spacial score (nSPS) is 31.3. The predicted molar refractivity (Wildman–Crippen MR) is 109 cm³/mol. The molecule has 1 aromatic carbocycles. The summed E-state index contributed by atoms with van der Waals surface area (Å²) in [6.07, 6.45) is 9.34. The highest BCUT2D eigenvalue weighted by Gasteiger charge is 2.50. The van der Waals surface area contributed by atoms with Gasteiger partial charge >= 0.3 is 0 Å². The van der Waals surface area contributed by atoms with Crippen molar-refractivity contribution < 1.29 is 13.2 Å². The van der Waals surface area contributed by atoms with Gasteiger partial charge in [0, 0.05) is 18.2 Å². The first-order valence-corrected chi connectivity index (χ1v) is 12.1. The molecule has 0 saturated heterocycles. The Morgan fingerprint density at radius 3 is 2.29 bits per heavy atom. The van der Waals surface area contributed by atoms with Crippen LogP contribution in [0.2, 0.25) is 0 Å². The molecule has 0 spiro atoms. The Labute approximate surface area is 168 Å². The fraction of sp³-hybridized carbons (Fsp3) is 0.682. The second kappa shape index (κ2) is 7.45. The third kappa shape index (κ3) is 4.13. The SMILES string of the molecule is CC(C)NS(=O)(=O)c1cccc(C(=O)NCCC23CC4CC(CC(C4)C2)C3)c1. The molecular formula is C22H32N2O3S. The quantitative estimate of drug-likeness (QED) is 0.727. The number of hydrogen-bond donors (Lipinski definition) is 2. The van der Waals surface area contributed by atoms with E-state index in [-0.39, 0.29) is 16.8 Å². The number of carbonyl (C=O) groups excluding carboxylic acids is 1. The monoisotopic (exact) mass is 404 g/mol. The third-order valence-corrected chi connectivity index (χ3v) is 8.56. The number of hydrogen-bond acceptors (Lipinski definition) is 3. The van der Waals surface area contributed by atoms with Gasteiger partial charge in [0.25, 0.3) is 5.91 Å². The van der Waals surface area contributed by atoms with Crippen molar-refractivity contribution in [1.29, 1.82) is 0 Å². The van der Waals surface area contributed by atoms with E-state index in [1.165, 1.54) is 50.7 Å². The molecule has 1 amide bonds. The van der Waals surface area contributed by atoms with Crippen molar-refractivity contribution >= 4 is 15.9 Å². The largest absolute Gasteiger partial charge is 0.352 e. The fourth-order valence-electron chi connectivity index (χ4n) is 6.32. The molecule has 4 aliphatic rings. The number of amides is 1. The Hall–Kier alpha value is -1.40. The lowest BCUT2D eigenvalue weighted by atomic mass is 9.49. The standard InChI is InChI=1S/C22H32N2O3S/c1-15(2)24-28(26,27)20-5-3-4-19(11-20)21(25)23-7-6-22-12-16-8-17(13-22)10-18(9-16)14-22/h3-5,11,15-18,24H,6-10,12-14H2,1-2H3,(H,23,25). The molecule has 0 unspecified atom stereocenters. The molecule has 28 heavy (non-hydrogen) atoms. The summed E-state index contributed by atoms with van der Waals surface area (Å²) in [6.45, 7) is 4.23. The minimum absolute atomic E-state index is 0.134. The number of carbonyl (C=O) groups is 1. The first-order chi connectivity index (χ1) is 13.2. The van der Waals surface area contributed by atoms with Crippen LogP contribution in [0, 0.1) is 23.2 Å². The van der Waals surface area contributed by atoms with Gasteiger partial charge in [-0.05, 0) is 100 Å². The van der Waals surface area contributed by atoms with Crippen LogP contribution in [0.15, 0.2) is 29.2 Å². The highest BCUT2D eigenvalue weighted by molar-refractivity contribution is 7.89. The zero-order valence-electron chi connectivity index (χ0n) is 16.9. The average molecular weight is 405 g/mol. The van der Waals surface area contributed by atoms with Gasteiger partial charge in [-0.25, -0.2) is 13.1 Å². The predicted octanol–water partition coefficient (Wildman–Crippen LogP) is 3.71. The van der Waals surface area contributed by atoms with Crippen molar-refractivity contribution in [2.75, 3.05) is 6.54 Å². The number of rotatable bonds is 7. The van der Waals surface area contributed by atoms with Gasteiger partial charge in [-0.2, -0.15) is 0 Å². The average Bonchev–Trinajstić information content (AvgIpc) is 2.59. The summed E-state index contributed by atoms with van der Waals surface area (Å²) < 4.78 is 27.3. The molecule has 0 aliphatic heterocycles. The molecule has 5 rings (SSSR count). The van der Waals surface area contributed by atoms with E-state index in [1.807, 2.05) is 0 Å². The van der Waals surface area contributed by atoms with Crippen LogP contribution in [0.1, 0.15) is 69.2 Å². The van der Waals surface area contributed by atoms with Crippen LogP contribution in [0.4, 0.5) is 0 Å². The summed E-state index contributed by atoms with van der Waals surface area (Å²) in [5.41, 5.74) is 0.839. The third-order valence-electron chi connectivity index (χ3n) is 6.90. The molecule has 0 heterocycles. The summed E-state index contributed by atoms with van der Waals surface area (Å²) in [5, 5.41) is 3.04. The van der Waals surface area contributed by atoms with Crippen molar-refractivity contribution in [2.24, 2.45) is 23.2 Å². The van der Waals surface area contributed by atoms with E-state index < -0.39 is 10.0 Å². The van der Waals surface area contributed by atoms with Gasteiger partial charge in [0.15, 0.2) is 0 Å². The van der Waals surface area contributed by atoms with Crippen molar-refractivity contribution in [2.45, 2.75) is 69.7 Å². The van der Waals surface area contributed by atoms with Crippen LogP contribution < -0.4 is 10.0 Å². The van der Waals surface area contributed by atoms with Crippen LogP contribution in [0.3, 0.4) is 0 Å². The van der Waals surface area contributed by atoms with Crippen molar-refractivity contribution in [3.63, 3.8) is 0 Å². The summed E-state index contributed by atoms with van der Waals surface area (Å²) >= 11 is 0. The van der Waals surface area contributed by atoms with Crippen LogP contribution in [-0.2, 0) is 10.0 Å². The molecule has 0 radical (unpaired) electrons. The van der Waals surface area contributed by atoms with Crippen LogP contribution in [0.5, 0.6) is 0 Å². The number of nitrogens with one attached hydrogen (secondary N) is 2. The van der Waals surface area contributed by atoms with Gasteiger partial charge in [-0.1, -0.05) is 6.07 Å². The lowest BCUT2D eigenvalue weighted by molar-refractivity contribution is -0.0564. The Bertz CT molecular complexity index is 812. The summed E-state index contributed by atoms with van der Waals surface area (Å²) in [5.74, 6) is 2.55. The van der Waals surface area contributed by atoms with E-state index >= 15 is 0 Å². The van der Waals surface area contributed by atoms with Gasteiger partial charge in [-0.3, -0.25) is 4.79 Å². The first kappa shape index (κ1) is 19.9. The molecule has 4 saturated carbocycles. The lowest BCUT2D eigenvalue weighted by Gasteiger charge is -2.57. The van der Waals surface area contributed by atoms with Crippen molar-refractivity contribution in [3.8, 4) is 0 Å². The Kier molecular flexibility index (Phi) is 5.29. The maximum Gasteiger partial charge on any atom is 0.251 e. The lowest BCUT2D eigenvalue weighted by Crippen LogP contribution is -2.47. The van der Waals surface area contributed by atoms with Crippen LogP contribution in [0.25, 0.3) is 0 Å². The highest BCUT2D eigenvalue weighted by Crippen LogP contribution is 2.61. The Balaban J connectivity index is 1.36. The van der Waals surface area contributed by atoms with E-state index in [0.717, 1.165) is 24.2 Å². The van der Waals surface area contributed by atoms with E-state index in [2.05, 4.69) is 10.0 Å². The van der Waals surface area contributed by atoms with Gasteiger partial charge in [0.1, 0.15) is 0 Å². The molecule has 154 valence electrons. The molecule has 0 aromatic heterocycles. The summed E-state index contributed by atoms with van der Waals surface area (Å²) in [4.78, 5) is 12.7. The molecule has 6 heteroatoms. The van der Waals surface area contributed by atoms with Crippen molar-refractivity contribution in [3.05, 3.63) is 29.8 Å². The van der Waals surface area contributed by atoms with Gasteiger partial charge in [0.2, 0.25) is 10.0 Å². The molecule has 4 aliphatic carbocycles. The highest BCUT2D eigenvalue weighted by atomic mass is 32.2. The van der Waals surface area contributed by atoms with E-state index in [9.17, 15) is 13.2 Å². The molecular weight excluding hydrogens is 372 g/mol. The second-order valence-electron chi connectivity index (χ2n) is 9.73. The summed E-state index contributed by atoms with van der Waals surface area (Å²) in [6, 6.07) is 6.10. The molecule has 1 aromatic rings.